The number of benzene rings is 1. The van der Waals surface area contributed by atoms with Crippen molar-refractivity contribution in [3.8, 4) is 0 Å². The van der Waals surface area contributed by atoms with E-state index in [1.807, 2.05) is 25.1 Å². The van der Waals surface area contributed by atoms with Gasteiger partial charge in [-0.05, 0) is 24.6 Å². The third kappa shape index (κ3) is 2.23. The van der Waals surface area contributed by atoms with E-state index in [4.69, 9.17) is 11.5 Å². The first-order valence-corrected chi connectivity index (χ1v) is 4.21. The largest absolute Gasteiger partial charge is 0.412 e. The van der Waals surface area contributed by atoms with Gasteiger partial charge in [0.1, 0.15) is 0 Å². The first kappa shape index (κ1) is 11.0. The molecule has 0 aliphatic rings. The van der Waals surface area contributed by atoms with Crippen LogP contribution in [0.3, 0.4) is 0 Å². The Hall–Kier alpha value is -2.08. The summed E-state index contributed by atoms with van der Waals surface area (Å²) in [7, 11) is 0. The van der Waals surface area contributed by atoms with Crippen LogP contribution in [0.2, 0.25) is 0 Å². The van der Waals surface area contributed by atoms with Crippen molar-refractivity contribution in [1.29, 1.82) is 0 Å². The molecule has 0 spiro atoms. The number of nitrogens with two attached hydrogens (primary N) is 2. The lowest BCUT2D eigenvalue weighted by Crippen LogP contribution is -2.22. The first-order chi connectivity index (χ1) is 6.65. The van der Waals surface area contributed by atoms with Crippen LogP contribution in [0.25, 0.3) is 11.0 Å². The highest BCUT2D eigenvalue weighted by atomic mass is 16.0. The summed E-state index contributed by atoms with van der Waals surface area (Å²) in [4.78, 5) is 11.0. The summed E-state index contributed by atoms with van der Waals surface area (Å²) in [6.07, 6.45) is 0. The zero-order valence-corrected chi connectivity index (χ0v) is 8.28. The van der Waals surface area contributed by atoms with E-state index in [2.05, 4.69) is 15.0 Å². The van der Waals surface area contributed by atoms with E-state index >= 15 is 0 Å². The standard InChI is InChI=1S/C9H11N5.H2O/c1-5-2-3-6-7(4-5)13-9(12-6)14-8(10)11;/h2-4H,1H3,(H5,10,11,12,13,14);1H2. The molecule has 0 saturated heterocycles. The van der Waals surface area contributed by atoms with Gasteiger partial charge < -0.3 is 21.9 Å². The lowest BCUT2D eigenvalue weighted by atomic mass is 10.2. The van der Waals surface area contributed by atoms with Crippen LogP contribution in [0.1, 0.15) is 5.56 Å². The Morgan fingerprint density at radius 3 is 2.80 bits per heavy atom. The summed E-state index contributed by atoms with van der Waals surface area (Å²) < 4.78 is 0. The number of aryl methyl sites for hydroxylation is 1. The maximum Gasteiger partial charge on any atom is 0.231 e. The molecule has 15 heavy (non-hydrogen) atoms. The molecule has 0 radical (unpaired) electrons. The van der Waals surface area contributed by atoms with Gasteiger partial charge in [0.05, 0.1) is 11.0 Å². The van der Waals surface area contributed by atoms with Gasteiger partial charge >= 0.3 is 0 Å². The number of aromatic nitrogens is 2. The monoisotopic (exact) mass is 207 g/mol. The average molecular weight is 207 g/mol. The molecule has 0 saturated carbocycles. The Kier molecular flexibility index (Phi) is 2.91. The Balaban J connectivity index is 0.00000112. The molecule has 1 heterocycles. The molecule has 7 N–H and O–H groups in total. The highest BCUT2D eigenvalue weighted by molar-refractivity contribution is 5.81. The molecule has 2 rings (SSSR count). The van der Waals surface area contributed by atoms with Gasteiger partial charge in [-0.3, -0.25) is 0 Å². The van der Waals surface area contributed by atoms with Gasteiger partial charge in [-0.1, -0.05) is 6.07 Å². The van der Waals surface area contributed by atoms with Crippen molar-refractivity contribution < 1.29 is 5.48 Å². The van der Waals surface area contributed by atoms with Crippen LogP contribution in [0.15, 0.2) is 23.2 Å². The lowest BCUT2D eigenvalue weighted by Gasteiger charge is -1.89. The van der Waals surface area contributed by atoms with Gasteiger partial charge in [-0.25, -0.2) is 4.98 Å². The van der Waals surface area contributed by atoms with E-state index in [0.717, 1.165) is 16.6 Å². The van der Waals surface area contributed by atoms with Gasteiger partial charge in [0.2, 0.25) is 5.95 Å². The number of nitrogens with one attached hydrogen (secondary N) is 1. The number of imidazole rings is 1. The maximum atomic E-state index is 5.24. The predicted molar refractivity (Wildman–Crippen MR) is 59.9 cm³/mol. The van der Waals surface area contributed by atoms with Gasteiger partial charge in [-0.15, -0.1) is 0 Å². The van der Waals surface area contributed by atoms with Crippen LogP contribution < -0.4 is 11.5 Å². The maximum absolute atomic E-state index is 5.24. The van der Waals surface area contributed by atoms with E-state index < -0.39 is 0 Å². The molecule has 0 amide bonds. The highest BCUT2D eigenvalue weighted by Crippen LogP contribution is 2.16. The van der Waals surface area contributed by atoms with Gasteiger partial charge in [0.25, 0.3) is 0 Å². The van der Waals surface area contributed by atoms with Crippen molar-refractivity contribution in [2.24, 2.45) is 16.5 Å². The number of fused-ring (bicyclic) bond motifs is 1. The van der Waals surface area contributed by atoms with Crippen LogP contribution in [0.4, 0.5) is 5.95 Å². The second-order valence-electron chi connectivity index (χ2n) is 3.12. The second-order valence-corrected chi connectivity index (χ2v) is 3.12. The van der Waals surface area contributed by atoms with Crippen LogP contribution in [-0.4, -0.2) is 21.4 Å². The number of hydrogen-bond acceptors (Lipinski definition) is 2. The average Bonchev–Trinajstić information content (AvgIpc) is 2.44. The van der Waals surface area contributed by atoms with Crippen LogP contribution in [0.5, 0.6) is 0 Å². The molecular formula is C9H13N5O. The van der Waals surface area contributed by atoms with E-state index in [9.17, 15) is 0 Å². The third-order valence-corrected chi connectivity index (χ3v) is 1.86. The second kappa shape index (κ2) is 3.97. The summed E-state index contributed by atoms with van der Waals surface area (Å²) in [6.45, 7) is 2.01. The minimum absolute atomic E-state index is 0. The Labute approximate surface area is 86.3 Å². The fourth-order valence-corrected chi connectivity index (χ4v) is 1.29. The van der Waals surface area contributed by atoms with Crippen molar-refractivity contribution in [3.05, 3.63) is 23.8 Å². The molecule has 1 aromatic heterocycles. The summed E-state index contributed by atoms with van der Waals surface area (Å²) in [5, 5.41) is 0. The number of guanidine groups is 1. The zero-order valence-electron chi connectivity index (χ0n) is 8.28. The van der Waals surface area contributed by atoms with E-state index in [-0.39, 0.29) is 11.4 Å². The molecule has 0 atom stereocenters. The minimum Gasteiger partial charge on any atom is -0.412 e. The molecule has 2 aromatic rings. The first-order valence-electron chi connectivity index (χ1n) is 4.21. The molecule has 1 aromatic carbocycles. The van der Waals surface area contributed by atoms with Gasteiger partial charge in [0, 0.05) is 0 Å². The van der Waals surface area contributed by atoms with Gasteiger partial charge in [0.15, 0.2) is 5.96 Å². The summed E-state index contributed by atoms with van der Waals surface area (Å²) in [6, 6.07) is 5.91. The topological polar surface area (TPSA) is 125 Å². The molecule has 6 heteroatoms. The SMILES string of the molecule is Cc1ccc2nc(N=C(N)N)[nH]c2c1.O. The Bertz CT molecular complexity index is 498. The number of aromatic amines is 1. The predicted octanol–water partition coefficient (Wildman–Crippen LogP) is -0.0485. The Morgan fingerprint density at radius 2 is 2.13 bits per heavy atom. The number of H-pyrrole nitrogens is 1. The molecule has 0 fully saturated rings. The number of hydrogen-bond donors (Lipinski definition) is 3. The smallest absolute Gasteiger partial charge is 0.231 e. The van der Waals surface area contributed by atoms with Crippen molar-refractivity contribution in [3.63, 3.8) is 0 Å². The molecule has 0 bridgehead atoms. The van der Waals surface area contributed by atoms with Crippen LogP contribution in [-0.2, 0) is 0 Å². The normalized spacial score (nSPS) is 9.67. The van der Waals surface area contributed by atoms with E-state index in [1.165, 1.54) is 0 Å². The van der Waals surface area contributed by atoms with Crippen LogP contribution in [0, 0.1) is 6.92 Å². The summed E-state index contributed by atoms with van der Waals surface area (Å²) in [5.74, 6) is 0.436. The van der Waals surface area contributed by atoms with E-state index in [1.54, 1.807) is 0 Å². The molecule has 80 valence electrons. The van der Waals surface area contributed by atoms with E-state index in [0.29, 0.717) is 5.95 Å². The number of rotatable bonds is 1. The lowest BCUT2D eigenvalue weighted by molar-refractivity contribution is 0.824. The fraction of sp³-hybridized carbons (Fsp3) is 0.111. The molecule has 6 nitrogen and oxygen atoms in total. The van der Waals surface area contributed by atoms with Crippen molar-refractivity contribution in [2.75, 3.05) is 0 Å². The minimum atomic E-state index is 0. The highest BCUT2D eigenvalue weighted by Gasteiger charge is 2.00. The number of aliphatic imine (C=N–C) groups is 1. The molecule has 0 aliphatic carbocycles. The summed E-state index contributed by atoms with van der Waals surface area (Å²) >= 11 is 0. The molecular weight excluding hydrogens is 194 g/mol. The quantitative estimate of drug-likeness (QED) is 0.448. The number of nitrogens with zero attached hydrogens (tertiary/aromatic N) is 2. The van der Waals surface area contributed by atoms with Crippen LogP contribution >= 0.6 is 0 Å². The van der Waals surface area contributed by atoms with Gasteiger partial charge in [-0.2, -0.15) is 4.99 Å². The fourth-order valence-electron chi connectivity index (χ4n) is 1.29. The molecule has 0 unspecified atom stereocenters. The van der Waals surface area contributed by atoms with Crippen molar-refractivity contribution in [2.45, 2.75) is 6.92 Å². The zero-order chi connectivity index (χ0) is 10.1. The third-order valence-electron chi connectivity index (χ3n) is 1.86. The molecule has 0 aliphatic heterocycles. The summed E-state index contributed by atoms with van der Waals surface area (Å²) in [5.41, 5.74) is 13.4. The van der Waals surface area contributed by atoms with Crippen molar-refractivity contribution in [1.82, 2.24) is 9.97 Å². The Morgan fingerprint density at radius 1 is 1.40 bits per heavy atom. The van der Waals surface area contributed by atoms with Crippen molar-refractivity contribution >= 4 is 22.9 Å².